The second kappa shape index (κ2) is 7.29. The maximum absolute atomic E-state index is 6.83. The zero-order valence-electron chi connectivity index (χ0n) is 16.0. The van der Waals surface area contributed by atoms with Gasteiger partial charge in [0.1, 0.15) is 0 Å². The fourth-order valence-corrected chi connectivity index (χ4v) is 4.09. The summed E-state index contributed by atoms with van der Waals surface area (Å²) in [7, 11) is 0. The van der Waals surface area contributed by atoms with E-state index >= 15 is 0 Å². The Morgan fingerprint density at radius 1 is 0.414 bits per heavy atom. The zero-order valence-corrected chi connectivity index (χ0v) is 16.0. The van der Waals surface area contributed by atoms with Gasteiger partial charge in [-0.3, -0.25) is 0 Å². The Kier molecular flexibility index (Phi) is 4.34. The molecule has 0 amide bonds. The van der Waals surface area contributed by atoms with Gasteiger partial charge in [-0.25, -0.2) is 0 Å². The van der Waals surface area contributed by atoms with Crippen LogP contribution in [-0.2, 0) is 0 Å². The van der Waals surface area contributed by atoms with Crippen molar-refractivity contribution in [2.45, 2.75) is 0 Å². The Labute approximate surface area is 171 Å². The molecule has 0 fully saturated rings. The number of benzene rings is 5. The molecule has 0 bridgehead atoms. The third kappa shape index (κ3) is 3.07. The third-order valence-electron chi connectivity index (χ3n) is 5.47. The van der Waals surface area contributed by atoms with Gasteiger partial charge in [0.2, 0.25) is 0 Å². The quantitative estimate of drug-likeness (QED) is 0.328. The summed E-state index contributed by atoms with van der Waals surface area (Å²) in [6, 6.07) is 40.1. The zero-order chi connectivity index (χ0) is 19.6. The first-order chi connectivity index (χ1) is 14.3. The molecule has 0 aliphatic heterocycles. The predicted octanol–water partition coefficient (Wildman–Crippen LogP) is 7.42. The number of hydrogen-bond acceptors (Lipinski definition) is 1. The average Bonchev–Trinajstić information content (AvgIpc) is 2.79. The van der Waals surface area contributed by atoms with Crippen molar-refractivity contribution in [2.75, 3.05) is 5.73 Å². The van der Waals surface area contributed by atoms with E-state index in [1.54, 1.807) is 0 Å². The number of fused-ring (bicyclic) bond motifs is 1. The number of rotatable bonds is 3. The minimum Gasteiger partial charge on any atom is -0.398 e. The topological polar surface area (TPSA) is 26.0 Å². The van der Waals surface area contributed by atoms with Crippen LogP contribution in [0.2, 0.25) is 0 Å². The molecular formula is C28H21N. The van der Waals surface area contributed by atoms with Gasteiger partial charge in [-0.15, -0.1) is 0 Å². The molecule has 1 nitrogen and oxygen atoms in total. The van der Waals surface area contributed by atoms with Crippen LogP contribution in [0.15, 0.2) is 115 Å². The number of nitrogens with two attached hydrogens (primary N) is 1. The summed E-state index contributed by atoms with van der Waals surface area (Å²) >= 11 is 0. The van der Waals surface area contributed by atoms with Gasteiger partial charge in [0.15, 0.2) is 0 Å². The molecule has 0 aromatic heterocycles. The van der Waals surface area contributed by atoms with Gasteiger partial charge in [-0.1, -0.05) is 115 Å². The van der Waals surface area contributed by atoms with Crippen molar-refractivity contribution in [2.24, 2.45) is 0 Å². The maximum Gasteiger partial charge on any atom is 0.0479 e. The molecule has 0 atom stereocenters. The number of nitrogen functional groups attached to an aromatic ring is 1. The van der Waals surface area contributed by atoms with E-state index in [0.29, 0.717) is 0 Å². The summed E-state index contributed by atoms with van der Waals surface area (Å²) in [5, 5.41) is 2.47. The highest BCUT2D eigenvalue weighted by atomic mass is 14.6. The summed E-state index contributed by atoms with van der Waals surface area (Å²) < 4.78 is 0. The van der Waals surface area contributed by atoms with Gasteiger partial charge in [-0.05, 0) is 33.0 Å². The molecule has 29 heavy (non-hydrogen) atoms. The molecule has 5 rings (SSSR count). The minimum absolute atomic E-state index is 0.813. The van der Waals surface area contributed by atoms with Gasteiger partial charge in [0.25, 0.3) is 0 Å². The molecule has 0 radical (unpaired) electrons. The van der Waals surface area contributed by atoms with Crippen molar-refractivity contribution in [1.82, 2.24) is 0 Å². The molecule has 0 unspecified atom stereocenters. The monoisotopic (exact) mass is 371 g/mol. The molecule has 0 aliphatic carbocycles. The summed E-state index contributed by atoms with van der Waals surface area (Å²) in [4.78, 5) is 0. The molecule has 2 N–H and O–H groups in total. The lowest BCUT2D eigenvalue weighted by Crippen LogP contribution is -1.97. The lowest BCUT2D eigenvalue weighted by Gasteiger charge is -2.18. The van der Waals surface area contributed by atoms with Crippen LogP contribution >= 0.6 is 0 Å². The Hall–Kier alpha value is -3.84. The van der Waals surface area contributed by atoms with Gasteiger partial charge in [0, 0.05) is 16.8 Å². The summed E-state index contributed by atoms with van der Waals surface area (Å²) in [5.41, 5.74) is 14.4. The molecule has 138 valence electrons. The van der Waals surface area contributed by atoms with Crippen LogP contribution < -0.4 is 5.73 Å². The Morgan fingerprint density at radius 2 is 1.00 bits per heavy atom. The summed E-state index contributed by atoms with van der Waals surface area (Å²) in [6.45, 7) is 0. The fraction of sp³-hybridized carbons (Fsp3) is 0. The average molecular weight is 371 g/mol. The Bertz CT molecular complexity index is 1280. The maximum atomic E-state index is 6.83. The van der Waals surface area contributed by atoms with Crippen LogP contribution in [0.5, 0.6) is 0 Å². The van der Waals surface area contributed by atoms with Crippen molar-refractivity contribution in [3.63, 3.8) is 0 Å². The SMILES string of the molecule is Nc1c(-c2ccccc2)ccc(-c2cccc3ccccc23)c1-c1ccccc1. The van der Waals surface area contributed by atoms with Crippen LogP contribution in [-0.4, -0.2) is 0 Å². The van der Waals surface area contributed by atoms with Crippen LogP contribution in [0, 0.1) is 0 Å². The molecule has 5 aromatic carbocycles. The van der Waals surface area contributed by atoms with E-state index in [9.17, 15) is 0 Å². The Balaban J connectivity index is 1.84. The van der Waals surface area contributed by atoms with Gasteiger partial charge >= 0.3 is 0 Å². The smallest absolute Gasteiger partial charge is 0.0479 e. The van der Waals surface area contributed by atoms with Crippen molar-refractivity contribution >= 4 is 16.5 Å². The van der Waals surface area contributed by atoms with Crippen LogP contribution in [0.25, 0.3) is 44.2 Å². The van der Waals surface area contributed by atoms with Crippen molar-refractivity contribution in [3.8, 4) is 33.4 Å². The predicted molar refractivity (Wildman–Crippen MR) is 125 cm³/mol. The van der Waals surface area contributed by atoms with E-state index < -0.39 is 0 Å². The van der Waals surface area contributed by atoms with E-state index in [2.05, 4.69) is 103 Å². The first kappa shape index (κ1) is 17.3. The number of anilines is 1. The van der Waals surface area contributed by atoms with E-state index in [1.807, 2.05) is 12.1 Å². The first-order valence-electron chi connectivity index (χ1n) is 9.84. The van der Waals surface area contributed by atoms with E-state index in [4.69, 9.17) is 5.73 Å². The van der Waals surface area contributed by atoms with Crippen LogP contribution in [0.3, 0.4) is 0 Å². The van der Waals surface area contributed by atoms with E-state index in [1.165, 1.54) is 16.3 Å². The fourth-order valence-electron chi connectivity index (χ4n) is 4.09. The minimum atomic E-state index is 0.813. The molecule has 0 saturated heterocycles. The Morgan fingerprint density at radius 3 is 1.76 bits per heavy atom. The molecule has 0 heterocycles. The second-order valence-corrected chi connectivity index (χ2v) is 7.21. The molecular weight excluding hydrogens is 350 g/mol. The summed E-state index contributed by atoms with van der Waals surface area (Å²) in [5.74, 6) is 0. The van der Waals surface area contributed by atoms with E-state index in [-0.39, 0.29) is 0 Å². The normalized spacial score (nSPS) is 10.9. The molecule has 0 saturated carbocycles. The summed E-state index contributed by atoms with van der Waals surface area (Å²) in [6.07, 6.45) is 0. The van der Waals surface area contributed by atoms with Gasteiger partial charge in [0.05, 0.1) is 0 Å². The molecule has 1 heteroatoms. The van der Waals surface area contributed by atoms with Crippen molar-refractivity contribution < 1.29 is 0 Å². The third-order valence-corrected chi connectivity index (χ3v) is 5.47. The van der Waals surface area contributed by atoms with Gasteiger partial charge in [-0.2, -0.15) is 0 Å². The highest BCUT2D eigenvalue weighted by molar-refractivity contribution is 6.05. The second-order valence-electron chi connectivity index (χ2n) is 7.21. The molecule has 5 aromatic rings. The lowest BCUT2D eigenvalue weighted by atomic mass is 9.87. The van der Waals surface area contributed by atoms with Gasteiger partial charge < -0.3 is 5.73 Å². The number of hydrogen-bond donors (Lipinski definition) is 1. The highest BCUT2D eigenvalue weighted by Gasteiger charge is 2.16. The first-order valence-corrected chi connectivity index (χ1v) is 9.84. The van der Waals surface area contributed by atoms with Crippen LogP contribution in [0.4, 0.5) is 5.69 Å². The standard InChI is InChI=1S/C28H21N/c29-28-24(21-10-3-1-4-11-21)18-19-26(27(28)22-13-5-2-6-14-22)25-17-9-15-20-12-7-8-16-23(20)25/h1-19H,29H2. The lowest BCUT2D eigenvalue weighted by molar-refractivity contribution is 1.57. The molecule has 0 aliphatic rings. The van der Waals surface area contributed by atoms with Crippen LogP contribution in [0.1, 0.15) is 0 Å². The largest absolute Gasteiger partial charge is 0.398 e. The molecule has 0 spiro atoms. The highest BCUT2D eigenvalue weighted by Crippen LogP contribution is 2.43. The van der Waals surface area contributed by atoms with E-state index in [0.717, 1.165) is 33.5 Å². The van der Waals surface area contributed by atoms with Crippen molar-refractivity contribution in [3.05, 3.63) is 115 Å². The van der Waals surface area contributed by atoms with Crippen molar-refractivity contribution in [1.29, 1.82) is 0 Å².